The van der Waals surface area contributed by atoms with Crippen LogP contribution in [0.3, 0.4) is 0 Å². The van der Waals surface area contributed by atoms with Crippen molar-refractivity contribution in [3.05, 3.63) is 59.7 Å². The fourth-order valence-electron chi connectivity index (χ4n) is 2.06. The van der Waals surface area contributed by atoms with Crippen LogP contribution in [-0.2, 0) is 20.5 Å². The molecule has 2 aromatic rings. The second kappa shape index (κ2) is 8.84. The molecule has 1 amide bonds. The van der Waals surface area contributed by atoms with Gasteiger partial charge >= 0.3 is 12.1 Å². The van der Waals surface area contributed by atoms with Crippen molar-refractivity contribution >= 4 is 23.9 Å². The summed E-state index contributed by atoms with van der Waals surface area (Å²) in [6.45, 7) is -1.36. The number of para-hydroxylation sites is 2. The molecule has 0 aliphatic rings. The molecule has 0 saturated heterocycles. The van der Waals surface area contributed by atoms with Crippen LogP contribution in [0.1, 0.15) is 15.9 Å². The molecule has 0 bridgehead atoms. The molecule has 6 nitrogen and oxygen atoms in total. The van der Waals surface area contributed by atoms with Crippen LogP contribution in [0.25, 0.3) is 0 Å². The number of halogens is 3. The van der Waals surface area contributed by atoms with Gasteiger partial charge in [-0.05, 0) is 24.3 Å². The lowest BCUT2D eigenvalue weighted by Gasteiger charge is -2.13. The topological polar surface area (TPSA) is 81.7 Å². The number of benzene rings is 2. The lowest BCUT2D eigenvalue weighted by atomic mass is 10.1. The number of carbonyl (C=O) groups is 3. The molecule has 27 heavy (non-hydrogen) atoms. The molecule has 2 aromatic carbocycles. The fraction of sp³-hybridized carbons (Fsp3) is 0.167. The highest BCUT2D eigenvalue weighted by Gasteiger charge is 2.33. The molecular weight excluding hydrogens is 367 g/mol. The maximum Gasteiger partial charge on any atom is 0.418 e. The Morgan fingerprint density at radius 1 is 1.00 bits per heavy atom. The highest BCUT2D eigenvalue weighted by atomic mass is 19.4. The third-order valence-corrected chi connectivity index (χ3v) is 3.26. The lowest BCUT2D eigenvalue weighted by molar-refractivity contribution is -0.149. The van der Waals surface area contributed by atoms with Gasteiger partial charge in [0.2, 0.25) is 0 Å². The van der Waals surface area contributed by atoms with Crippen LogP contribution in [0, 0.1) is 0 Å². The number of hydrogen-bond acceptors (Lipinski definition) is 5. The number of alkyl halides is 3. The van der Waals surface area contributed by atoms with Gasteiger partial charge in [0.25, 0.3) is 5.91 Å². The largest absolute Gasteiger partial charge is 0.481 e. The number of aldehydes is 1. The third kappa shape index (κ3) is 5.84. The van der Waals surface area contributed by atoms with Crippen LogP contribution in [-0.4, -0.2) is 31.4 Å². The Labute approximate surface area is 151 Å². The first kappa shape index (κ1) is 20.0. The van der Waals surface area contributed by atoms with Crippen LogP contribution in [0.15, 0.2) is 48.5 Å². The molecule has 0 spiro atoms. The summed E-state index contributed by atoms with van der Waals surface area (Å²) in [5, 5.41) is 2.04. The van der Waals surface area contributed by atoms with Crippen molar-refractivity contribution in [2.75, 3.05) is 18.5 Å². The van der Waals surface area contributed by atoms with Crippen molar-refractivity contribution in [2.45, 2.75) is 6.18 Å². The molecule has 0 unspecified atom stereocenters. The highest BCUT2D eigenvalue weighted by Crippen LogP contribution is 2.34. The first-order valence-electron chi connectivity index (χ1n) is 7.60. The summed E-state index contributed by atoms with van der Waals surface area (Å²) in [4.78, 5) is 34.2. The van der Waals surface area contributed by atoms with Gasteiger partial charge in [-0.3, -0.25) is 9.59 Å². The summed E-state index contributed by atoms with van der Waals surface area (Å²) in [5.41, 5.74) is -1.23. The van der Waals surface area contributed by atoms with Crippen molar-refractivity contribution < 1.29 is 37.0 Å². The Bertz CT molecular complexity index is 836. The van der Waals surface area contributed by atoms with Crippen LogP contribution >= 0.6 is 0 Å². The number of anilines is 1. The maximum absolute atomic E-state index is 12.9. The quantitative estimate of drug-likeness (QED) is 0.589. The van der Waals surface area contributed by atoms with Gasteiger partial charge in [0.15, 0.2) is 19.5 Å². The lowest BCUT2D eigenvalue weighted by Crippen LogP contribution is -2.25. The number of ether oxygens (including phenoxy) is 2. The minimum atomic E-state index is -4.64. The molecule has 142 valence electrons. The second-order valence-electron chi connectivity index (χ2n) is 5.20. The predicted octanol–water partition coefficient (Wildman–Crippen LogP) is 3.08. The monoisotopic (exact) mass is 381 g/mol. The van der Waals surface area contributed by atoms with E-state index in [1.54, 1.807) is 12.1 Å². The molecule has 2 rings (SSSR count). The Morgan fingerprint density at radius 2 is 1.67 bits per heavy atom. The Hall–Kier alpha value is -3.36. The minimum Gasteiger partial charge on any atom is -0.481 e. The number of hydrogen-bond donors (Lipinski definition) is 1. The minimum absolute atomic E-state index is 0.160. The van der Waals surface area contributed by atoms with Gasteiger partial charge in [-0.2, -0.15) is 13.2 Å². The van der Waals surface area contributed by atoms with E-state index in [2.05, 4.69) is 4.74 Å². The first-order chi connectivity index (χ1) is 12.8. The molecule has 0 fully saturated rings. The van der Waals surface area contributed by atoms with Crippen molar-refractivity contribution in [1.29, 1.82) is 0 Å². The highest BCUT2D eigenvalue weighted by molar-refractivity contribution is 5.93. The summed E-state index contributed by atoms with van der Waals surface area (Å²) < 4.78 is 48.3. The van der Waals surface area contributed by atoms with Gasteiger partial charge in [0.05, 0.1) is 16.8 Å². The van der Waals surface area contributed by atoms with E-state index in [1.165, 1.54) is 24.3 Å². The standard InChI is InChI=1S/C18H14F3NO5/c19-18(20,21)13-6-2-3-7-14(13)22-16(24)10-27-17(25)11-26-15-8-4-1-5-12(15)9-23/h1-9H,10-11H2,(H,22,24). The van der Waals surface area contributed by atoms with Crippen LogP contribution < -0.4 is 10.1 Å². The van der Waals surface area contributed by atoms with Crippen molar-refractivity contribution in [3.8, 4) is 5.75 Å². The Kier molecular flexibility index (Phi) is 6.53. The van der Waals surface area contributed by atoms with E-state index in [-0.39, 0.29) is 11.3 Å². The molecule has 0 aromatic heterocycles. The molecule has 0 heterocycles. The number of carbonyl (C=O) groups excluding carboxylic acids is 3. The number of esters is 1. The van der Waals surface area contributed by atoms with Crippen LogP contribution in [0.4, 0.5) is 18.9 Å². The summed E-state index contributed by atoms with van der Waals surface area (Å²) in [6, 6.07) is 10.6. The zero-order valence-electron chi connectivity index (χ0n) is 13.8. The average Bonchev–Trinajstić information content (AvgIpc) is 2.64. The third-order valence-electron chi connectivity index (χ3n) is 3.26. The van der Waals surface area contributed by atoms with E-state index in [0.29, 0.717) is 6.29 Å². The van der Waals surface area contributed by atoms with Crippen molar-refractivity contribution in [3.63, 3.8) is 0 Å². The molecular formula is C18H14F3NO5. The van der Waals surface area contributed by atoms with E-state index in [9.17, 15) is 27.6 Å². The molecule has 9 heteroatoms. The summed E-state index contributed by atoms with van der Waals surface area (Å²) >= 11 is 0. The average molecular weight is 381 g/mol. The zero-order valence-corrected chi connectivity index (χ0v) is 13.8. The smallest absolute Gasteiger partial charge is 0.418 e. The van der Waals surface area contributed by atoms with E-state index in [1.807, 2.05) is 5.32 Å². The molecule has 0 saturated carbocycles. The molecule has 0 aliphatic heterocycles. The van der Waals surface area contributed by atoms with Gasteiger partial charge in [0.1, 0.15) is 5.75 Å². The van der Waals surface area contributed by atoms with E-state index in [4.69, 9.17) is 4.74 Å². The molecule has 1 N–H and O–H groups in total. The molecule has 0 aliphatic carbocycles. The second-order valence-corrected chi connectivity index (χ2v) is 5.20. The van der Waals surface area contributed by atoms with Gasteiger partial charge in [0, 0.05) is 0 Å². The van der Waals surface area contributed by atoms with Crippen LogP contribution in [0.5, 0.6) is 5.75 Å². The van der Waals surface area contributed by atoms with Crippen LogP contribution in [0.2, 0.25) is 0 Å². The molecule has 0 radical (unpaired) electrons. The normalized spacial score (nSPS) is 10.8. The summed E-state index contributed by atoms with van der Waals surface area (Å²) in [6.07, 6.45) is -4.09. The van der Waals surface area contributed by atoms with Gasteiger partial charge in [-0.25, -0.2) is 4.79 Å². The molecule has 0 atom stereocenters. The number of nitrogens with one attached hydrogen (secondary N) is 1. The number of amides is 1. The predicted molar refractivity (Wildman–Crippen MR) is 88.4 cm³/mol. The van der Waals surface area contributed by atoms with Gasteiger partial charge < -0.3 is 14.8 Å². The van der Waals surface area contributed by atoms with E-state index in [0.717, 1.165) is 12.1 Å². The Morgan fingerprint density at radius 3 is 2.37 bits per heavy atom. The zero-order chi connectivity index (χ0) is 19.9. The maximum atomic E-state index is 12.9. The SMILES string of the molecule is O=Cc1ccccc1OCC(=O)OCC(=O)Nc1ccccc1C(F)(F)F. The van der Waals surface area contributed by atoms with Crippen molar-refractivity contribution in [2.24, 2.45) is 0 Å². The van der Waals surface area contributed by atoms with Gasteiger partial charge in [-0.15, -0.1) is 0 Å². The fourth-order valence-corrected chi connectivity index (χ4v) is 2.06. The van der Waals surface area contributed by atoms with Crippen molar-refractivity contribution in [1.82, 2.24) is 0 Å². The summed E-state index contributed by atoms with van der Waals surface area (Å²) in [7, 11) is 0. The van der Waals surface area contributed by atoms with Gasteiger partial charge in [-0.1, -0.05) is 24.3 Å². The summed E-state index contributed by atoms with van der Waals surface area (Å²) in [5.74, 6) is -1.70. The van der Waals surface area contributed by atoms with E-state index < -0.39 is 42.5 Å². The number of rotatable bonds is 7. The Balaban J connectivity index is 1.85. The first-order valence-corrected chi connectivity index (χ1v) is 7.60. The van der Waals surface area contributed by atoms with E-state index >= 15 is 0 Å².